The van der Waals surface area contributed by atoms with Crippen molar-refractivity contribution in [3.8, 4) is 11.5 Å². The van der Waals surface area contributed by atoms with Crippen molar-refractivity contribution in [2.75, 3.05) is 0 Å². The van der Waals surface area contributed by atoms with Crippen LogP contribution in [0.1, 0.15) is 15.9 Å². The van der Waals surface area contributed by atoms with Gasteiger partial charge in [0, 0.05) is 6.07 Å². The molecular weight excluding hydrogens is 278 g/mol. The molecule has 7 nitrogen and oxygen atoms in total. The lowest BCUT2D eigenvalue weighted by Gasteiger charge is -2.09. The Kier molecular flexibility index (Phi) is 4.03. The maximum absolute atomic E-state index is 11.1. The smallest absolute Gasteiger partial charge is 0.339 e. The Bertz CT molecular complexity index is 648. The number of nitro groups is 1. The number of hydrogen-bond acceptors (Lipinski definition) is 5. The summed E-state index contributed by atoms with van der Waals surface area (Å²) in [5.41, 5.74) is -0.0426. The van der Waals surface area contributed by atoms with Gasteiger partial charge in [-0.3, -0.25) is 10.1 Å². The van der Waals surface area contributed by atoms with E-state index in [4.69, 9.17) is 14.9 Å². The van der Waals surface area contributed by atoms with Gasteiger partial charge in [-0.1, -0.05) is 18.2 Å². The largest absolute Gasteiger partial charge is 0.508 e. The first-order valence-electron chi connectivity index (χ1n) is 5.90. The number of benzene rings is 2. The summed E-state index contributed by atoms with van der Waals surface area (Å²) >= 11 is 0. The van der Waals surface area contributed by atoms with Crippen LogP contribution >= 0.6 is 0 Å². The van der Waals surface area contributed by atoms with E-state index in [-0.39, 0.29) is 23.7 Å². The van der Waals surface area contributed by atoms with Gasteiger partial charge < -0.3 is 14.9 Å². The number of hydrogen-bond donors (Lipinski definition) is 2. The molecule has 0 atom stereocenters. The van der Waals surface area contributed by atoms with E-state index >= 15 is 0 Å². The van der Waals surface area contributed by atoms with Crippen LogP contribution in [0.15, 0.2) is 42.5 Å². The number of aromatic carboxylic acids is 1. The Morgan fingerprint density at radius 3 is 2.43 bits per heavy atom. The first-order valence-corrected chi connectivity index (χ1v) is 5.90. The van der Waals surface area contributed by atoms with Gasteiger partial charge in [-0.2, -0.15) is 0 Å². The molecule has 0 aliphatic heterocycles. The molecule has 0 aliphatic carbocycles. The highest BCUT2D eigenvalue weighted by atomic mass is 16.6. The Balaban J connectivity index is 2.31. The number of phenols is 1. The van der Waals surface area contributed by atoms with Crippen molar-refractivity contribution in [1.29, 1.82) is 0 Å². The molecule has 0 spiro atoms. The molecule has 2 rings (SSSR count). The predicted molar refractivity (Wildman–Crippen MR) is 72.5 cm³/mol. The highest BCUT2D eigenvalue weighted by Gasteiger charge is 2.22. The fourth-order valence-corrected chi connectivity index (χ4v) is 1.74. The van der Waals surface area contributed by atoms with E-state index in [1.807, 2.05) is 0 Å². The molecule has 0 amide bonds. The molecule has 0 heterocycles. The van der Waals surface area contributed by atoms with Crippen LogP contribution in [0.2, 0.25) is 0 Å². The number of nitrogens with zero attached hydrogens (tertiary/aromatic N) is 1. The third-order valence-corrected chi connectivity index (χ3v) is 2.74. The van der Waals surface area contributed by atoms with E-state index in [0.717, 1.165) is 0 Å². The lowest BCUT2D eigenvalue weighted by atomic mass is 10.1. The Morgan fingerprint density at radius 2 is 1.86 bits per heavy atom. The van der Waals surface area contributed by atoms with E-state index in [1.54, 1.807) is 12.1 Å². The first kappa shape index (κ1) is 14.3. The molecule has 0 bridgehead atoms. The zero-order valence-corrected chi connectivity index (χ0v) is 10.7. The maximum atomic E-state index is 11.1. The van der Waals surface area contributed by atoms with Crippen molar-refractivity contribution >= 4 is 11.7 Å². The highest BCUT2D eigenvalue weighted by molar-refractivity contribution is 5.92. The minimum Gasteiger partial charge on any atom is -0.508 e. The summed E-state index contributed by atoms with van der Waals surface area (Å²) < 4.78 is 5.31. The lowest BCUT2D eigenvalue weighted by Crippen LogP contribution is -2.06. The van der Waals surface area contributed by atoms with Crippen LogP contribution < -0.4 is 4.74 Å². The fourth-order valence-electron chi connectivity index (χ4n) is 1.74. The van der Waals surface area contributed by atoms with Gasteiger partial charge in [0.2, 0.25) is 5.75 Å². The summed E-state index contributed by atoms with van der Waals surface area (Å²) in [6.07, 6.45) is 0. The summed E-state index contributed by atoms with van der Waals surface area (Å²) in [4.78, 5) is 21.4. The average Bonchev–Trinajstić information content (AvgIpc) is 2.46. The van der Waals surface area contributed by atoms with E-state index < -0.39 is 16.6 Å². The summed E-state index contributed by atoms with van der Waals surface area (Å²) in [6, 6.07) is 9.73. The minimum atomic E-state index is -1.31. The number of para-hydroxylation sites is 1. The van der Waals surface area contributed by atoms with Gasteiger partial charge in [0.15, 0.2) is 0 Å². The second-order valence-corrected chi connectivity index (χ2v) is 4.17. The zero-order valence-electron chi connectivity index (χ0n) is 10.7. The molecule has 0 fully saturated rings. The highest BCUT2D eigenvalue weighted by Crippen LogP contribution is 2.31. The molecule has 21 heavy (non-hydrogen) atoms. The second-order valence-electron chi connectivity index (χ2n) is 4.17. The molecule has 2 aromatic rings. The van der Waals surface area contributed by atoms with Crippen LogP contribution in [0.25, 0.3) is 0 Å². The average molecular weight is 289 g/mol. The summed E-state index contributed by atoms with van der Waals surface area (Å²) in [6.45, 7) is -0.0502. The van der Waals surface area contributed by atoms with Gasteiger partial charge in [0.05, 0.1) is 4.92 Å². The van der Waals surface area contributed by atoms with E-state index in [0.29, 0.717) is 5.56 Å². The van der Waals surface area contributed by atoms with Gasteiger partial charge >= 0.3 is 11.7 Å². The lowest BCUT2D eigenvalue weighted by molar-refractivity contribution is -0.386. The Labute approximate surface area is 119 Å². The van der Waals surface area contributed by atoms with Crippen LogP contribution in [-0.4, -0.2) is 21.1 Å². The van der Waals surface area contributed by atoms with Crippen molar-refractivity contribution in [1.82, 2.24) is 0 Å². The molecule has 0 saturated carbocycles. The van der Waals surface area contributed by atoms with Gasteiger partial charge in [0.1, 0.15) is 17.9 Å². The van der Waals surface area contributed by atoms with E-state index in [2.05, 4.69) is 0 Å². The van der Waals surface area contributed by atoms with Crippen molar-refractivity contribution in [3.05, 3.63) is 63.7 Å². The molecule has 108 valence electrons. The topological polar surface area (TPSA) is 110 Å². The van der Waals surface area contributed by atoms with Crippen LogP contribution in [0.5, 0.6) is 11.5 Å². The normalized spacial score (nSPS) is 10.1. The van der Waals surface area contributed by atoms with Gasteiger partial charge in [0.25, 0.3) is 0 Å². The number of carboxylic acids is 1. The first-order chi connectivity index (χ1) is 9.99. The van der Waals surface area contributed by atoms with Gasteiger partial charge in [-0.15, -0.1) is 0 Å². The molecule has 0 saturated heterocycles. The summed E-state index contributed by atoms with van der Waals surface area (Å²) in [5, 5.41) is 29.2. The third kappa shape index (κ3) is 3.27. The molecular formula is C14H11NO6. The quantitative estimate of drug-likeness (QED) is 0.646. The van der Waals surface area contributed by atoms with Crippen molar-refractivity contribution < 1.29 is 24.7 Å². The number of nitro benzene ring substituents is 1. The van der Waals surface area contributed by atoms with Crippen LogP contribution in [-0.2, 0) is 6.61 Å². The van der Waals surface area contributed by atoms with Gasteiger partial charge in [-0.05, 0) is 23.8 Å². The molecule has 0 aliphatic rings. The van der Waals surface area contributed by atoms with Crippen LogP contribution in [0.4, 0.5) is 5.69 Å². The predicted octanol–water partition coefficient (Wildman–Crippen LogP) is 2.58. The number of carboxylic acid groups (broad SMARTS) is 1. The zero-order chi connectivity index (χ0) is 15.4. The Hall–Kier alpha value is -3.09. The second kappa shape index (κ2) is 5.91. The molecule has 0 radical (unpaired) electrons. The summed E-state index contributed by atoms with van der Waals surface area (Å²) in [7, 11) is 0. The van der Waals surface area contributed by atoms with Gasteiger partial charge in [-0.25, -0.2) is 4.79 Å². The molecule has 2 aromatic carbocycles. The monoisotopic (exact) mass is 289 g/mol. The third-order valence-electron chi connectivity index (χ3n) is 2.74. The maximum Gasteiger partial charge on any atom is 0.339 e. The summed E-state index contributed by atoms with van der Waals surface area (Å²) in [5.74, 6) is -1.52. The standard InChI is InChI=1S/C14H11NO6/c16-10-6-4-9(5-7-10)8-21-13-11(14(17)18)2-1-3-12(13)15(19)20/h1-7,16H,8H2,(H,17,18). The number of aromatic hydroxyl groups is 1. The van der Waals surface area contributed by atoms with E-state index in [9.17, 15) is 14.9 Å². The Morgan fingerprint density at radius 1 is 1.19 bits per heavy atom. The SMILES string of the molecule is O=C(O)c1cccc([N+](=O)[O-])c1OCc1ccc(O)cc1. The number of carbonyl (C=O) groups is 1. The number of phenolic OH excluding ortho intramolecular Hbond substituents is 1. The fraction of sp³-hybridized carbons (Fsp3) is 0.0714. The number of rotatable bonds is 5. The van der Waals surface area contributed by atoms with Crippen LogP contribution in [0.3, 0.4) is 0 Å². The number of ether oxygens (including phenoxy) is 1. The van der Waals surface area contributed by atoms with Crippen molar-refractivity contribution in [2.24, 2.45) is 0 Å². The van der Waals surface area contributed by atoms with Crippen molar-refractivity contribution in [2.45, 2.75) is 6.61 Å². The molecule has 0 aromatic heterocycles. The van der Waals surface area contributed by atoms with Crippen molar-refractivity contribution in [3.63, 3.8) is 0 Å². The minimum absolute atomic E-state index is 0.0502. The molecule has 7 heteroatoms. The molecule has 2 N–H and O–H groups in total. The molecule has 0 unspecified atom stereocenters. The van der Waals surface area contributed by atoms with E-state index in [1.165, 1.54) is 30.3 Å². The van der Waals surface area contributed by atoms with Crippen LogP contribution in [0, 0.1) is 10.1 Å².